The Labute approximate surface area is 489 Å². The molecule has 4 aromatic carbocycles. The van der Waals surface area contributed by atoms with E-state index >= 15 is 0 Å². The number of ketones is 2. The summed E-state index contributed by atoms with van der Waals surface area (Å²) in [6.07, 6.45) is 13.9. The molecule has 1 saturated heterocycles. The molecule has 10 rings (SSSR count). The van der Waals surface area contributed by atoms with E-state index in [4.69, 9.17) is 28.9 Å². The van der Waals surface area contributed by atoms with Crippen LogP contribution in [-0.2, 0) is 24.0 Å². The molecule has 84 heavy (non-hydrogen) atoms. The van der Waals surface area contributed by atoms with Crippen LogP contribution in [-0.4, -0.2) is 136 Å². The van der Waals surface area contributed by atoms with E-state index in [2.05, 4.69) is 45.1 Å². The van der Waals surface area contributed by atoms with Gasteiger partial charge < -0.3 is 44.7 Å². The van der Waals surface area contributed by atoms with Gasteiger partial charge in [0.25, 0.3) is 17.7 Å². The highest BCUT2D eigenvalue weighted by molar-refractivity contribution is 6.13. The van der Waals surface area contributed by atoms with Crippen LogP contribution in [0.1, 0.15) is 104 Å². The number of rotatable bonds is 24. The summed E-state index contributed by atoms with van der Waals surface area (Å²) in [5, 5.41) is 9.06. The van der Waals surface area contributed by atoms with E-state index in [0.29, 0.717) is 96.3 Å². The Morgan fingerprint density at radius 1 is 0.702 bits per heavy atom. The Morgan fingerprint density at radius 3 is 2.00 bits per heavy atom. The van der Waals surface area contributed by atoms with E-state index in [1.807, 2.05) is 50.7 Å². The quantitative estimate of drug-likeness (QED) is 0.0441. The molecule has 5 amide bonds. The highest BCUT2D eigenvalue weighted by Gasteiger charge is 2.37. The first-order valence-electron chi connectivity index (χ1n) is 29.1. The Balaban J connectivity index is 0.683. The maximum absolute atomic E-state index is 14.2. The number of anilines is 2. The molecule has 0 saturated carbocycles. The predicted octanol–water partition coefficient (Wildman–Crippen LogP) is 8.71. The maximum Gasteiger partial charge on any atom is 0.260 e. The highest BCUT2D eigenvalue weighted by Crippen LogP contribution is 2.45. The van der Waals surface area contributed by atoms with Crippen molar-refractivity contribution in [3.63, 3.8) is 0 Å². The number of allylic oxidation sites excluding steroid dienone is 2. The molecule has 6 aliphatic rings. The molecule has 0 spiro atoms. The van der Waals surface area contributed by atoms with Crippen molar-refractivity contribution in [2.24, 2.45) is 33.7 Å². The molecule has 4 aromatic rings. The average molecular weight is 1140 g/mol. The Hall–Kier alpha value is -8.71. The van der Waals surface area contributed by atoms with E-state index in [0.717, 1.165) is 48.5 Å². The summed E-state index contributed by atoms with van der Waals surface area (Å²) in [5.74, 6) is -1.44. The first-order chi connectivity index (χ1) is 40.7. The fraction of sp³-hybridized carbons (Fsp3) is 0.400. The van der Waals surface area contributed by atoms with Crippen LogP contribution < -0.4 is 39.8 Å². The predicted molar refractivity (Wildman–Crippen MR) is 321 cm³/mol. The van der Waals surface area contributed by atoms with Crippen molar-refractivity contribution in [1.82, 2.24) is 20.4 Å². The minimum absolute atomic E-state index is 0.0453. The normalized spacial score (nSPS) is 19.4. The number of imide groups is 1. The lowest BCUT2D eigenvalue weighted by Crippen LogP contribution is -2.45. The van der Waals surface area contributed by atoms with Crippen molar-refractivity contribution in [3.05, 3.63) is 119 Å². The van der Waals surface area contributed by atoms with Crippen molar-refractivity contribution in [2.75, 3.05) is 70.4 Å². The van der Waals surface area contributed by atoms with Crippen LogP contribution in [0.25, 0.3) is 11.1 Å². The number of aliphatic imine (C=N–C) groups is 2. The van der Waals surface area contributed by atoms with Gasteiger partial charge in [-0.05, 0) is 90.8 Å². The van der Waals surface area contributed by atoms with Gasteiger partial charge in [-0.15, -0.1) is 0 Å². The first kappa shape index (κ1) is 58.5. The van der Waals surface area contributed by atoms with E-state index in [1.165, 1.54) is 29.8 Å². The molecule has 1 aliphatic carbocycles. The lowest BCUT2D eigenvalue weighted by Gasteiger charge is -2.29. The van der Waals surface area contributed by atoms with E-state index in [9.17, 15) is 33.6 Å². The number of fused-ring (bicyclic) bond motifs is 4. The molecular weight excluding hydrogens is 1070 g/mol. The molecule has 1 fully saturated rings. The topological polar surface area (TPSA) is 227 Å². The summed E-state index contributed by atoms with van der Waals surface area (Å²) >= 11 is 0. The first-order valence-corrected chi connectivity index (χ1v) is 29.1. The molecular formula is C65H72N8O11. The SMILES string of the molecule is COc1cc2c(cc1OCCCOc1cc3c(cc1OC)C(=O)N1C=C(c4ccc(N5CCNCC5)cc4)C[C@H]1C=N3)N=C[C@@H]1CC(c3ccc(NC(=O)[C@H](C)NC(=O)[C@@H](CC(=O)CCCCCN4C(=O)C=CC4=O)C(C)C)cc3)=CC1C2=O. The van der Waals surface area contributed by atoms with Crippen LogP contribution in [0.15, 0.2) is 107 Å². The second-order valence-electron chi connectivity index (χ2n) is 22.4. The summed E-state index contributed by atoms with van der Waals surface area (Å²) in [5.41, 5.74) is 7.61. The fourth-order valence-corrected chi connectivity index (χ4v) is 11.5. The largest absolute Gasteiger partial charge is 0.493 e. The van der Waals surface area contributed by atoms with Crippen molar-refractivity contribution in [1.29, 1.82) is 0 Å². The molecule has 5 aliphatic heterocycles. The zero-order valence-electron chi connectivity index (χ0n) is 48.2. The van der Waals surface area contributed by atoms with Crippen molar-refractivity contribution in [2.45, 2.75) is 84.2 Å². The van der Waals surface area contributed by atoms with Gasteiger partial charge in [0.05, 0.1) is 50.4 Å². The van der Waals surface area contributed by atoms with Crippen LogP contribution in [0.4, 0.5) is 22.7 Å². The number of hydrogen-bond donors (Lipinski definition) is 3. The number of carbonyl (C=O) groups excluding carboxylic acids is 7. The van der Waals surface area contributed by atoms with Gasteiger partial charge >= 0.3 is 0 Å². The van der Waals surface area contributed by atoms with Crippen LogP contribution in [0.2, 0.25) is 0 Å². The summed E-state index contributed by atoms with van der Waals surface area (Å²) < 4.78 is 23.9. The molecule has 0 bridgehead atoms. The van der Waals surface area contributed by atoms with Gasteiger partial charge in [0.15, 0.2) is 28.8 Å². The third kappa shape index (κ3) is 13.2. The molecule has 0 aromatic heterocycles. The second-order valence-corrected chi connectivity index (χ2v) is 22.4. The minimum atomic E-state index is -0.879. The minimum Gasteiger partial charge on any atom is -0.493 e. The molecule has 19 nitrogen and oxygen atoms in total. The number of hydrogen-bond acceptors (Lipinski definition) is 15. The zero-order chi connectivity index (χ0) is 59.0. The van der Waals surface area contributed by atoms with Gasteiger partial charge in [-0.3, -0.25) is 48.4 Å². The number of nitrogens with zero attached hydrogens (tertiary/aromatic N) is 5. The van der Waals surface area contributed by atoms with Gasteiger partial charge in [0.2, 0.25) is 11.8 Å². The molecule has 0 radical (unpaired) electrons. The number of piperazine rings is 1. The average Bonchev–Trinajstić information content (AvgIpc) is 4.11. The highest BCUT2D eigenvalue weighted by atomic mass is 16.5. The summed E-state index contributed by atoms with van der Waals surface area (Å²) in [6, 6.07) is 21.7. The van der Waals surface area contributed by atoms with Gasteiger partial charge in [0.1, 0.15) is 11.8 Å². The summed E-state index contributed by atoms with van der Waals surface area (Å²) in [6.45, 7) is 10.1. The third-order valence-corrected chi connectivity index (χ3v) is 16.4. The lowest BCUT2D eigenvalue weighted by molar-refractivity contribution is -0.137. The number of ether oxygens (including phenoxy) is 4. The Morgan fingerprint density at radius 2 is 1.33 bits per heavy atom. The van der Waals surface area contributed by atoms with Gasteiger partial charge in [0, 0.05) is 136 Å². The number of amides is 5. The number of Topliss-reactive ketones (excluding diaryl/α,β-unsaturated/α-hetero) is 2. The monoisotopic (exact) mass is 1140 g/mol. The Kier molecular flexibility index (Phi) is 18.3. The molecule has 438 valence electrons. The van der Waals surface area contributed by atoms with E-state index < -0.39 is 23.8 Å². The number of benzene rings is 4. The van der Waals surface area contributed by atoms with Crippen LogP contribution in [0, 0.1) is 23.7 Å². The van der Waals surface area contributed by atoms with E-state index in [1.54, 1.807) is 55.3 Å². The smallest absolute Gasteiger partial charge is 0.260 e. The lowest BCUT2D eigenvalue weighted by atomic mass is 9.88. The molecule has 3 N–H and O–H groups in total. The summed E-state index contributed by atoms with van der Waals surface area (Å²) in [7, 11) is 3.07. The zero-order valence-corrected chi connectivity index (χ0v) is 48.2. The second kappa shape index (κ2) is 26.3. The van der Waals surface area contributed by atoms with Crippen molar-refractivity contribution >= 4 is 87.4 Å². The summed E-state index contributed by atoms with van der Waals surface area (Å²) in [4.78, 5) is 106. The van der Waals surface area contributed by atoms with Gasteiger partial charge in [-0.2, -0.15) is 0 Å². The standard InChI is InChI=1S/C65H72N8O11/c1-39(2)50(31-49(74)10-7-6-8-23-72-60(75)19-20-61(72)76)64(79)69-40(3)63(78)70-46-15-11-41(12-16-46)43-28-44-36-67-54-34-58(56(81-4)32-52(54)62(77)51(44)30-43)83-26-9-27-84-59-35-55-53(33-57(59)82-5)65(80)73-38-45(29-48(73)37-68-55)42-13-17-47(18-14-42)71-24-21-66-22-25-71/h11-20,30,32-40,44,48,50-51,66H,6-10,21-29,31H2,1-5H3,(H,69,79)(H,70,78)/t40-,44-,48-,50-,51?/m0/s1. The van der Waals surface area contributed by atoms with Crippen LogP contribution in [0.3, 0.4) is 0 Å². The molecule has 1 unspecified atom stereocenters. The van der Waals surface area contributed by atoms with Gasteiger partial charge in [-0.25, -0.2) is 0 Å². The number of methoxy groups -OCH3 is 2. The number of unbranched alkanes of at least 4 members (excludes halogenated alkanes) is 2. The maximum atomic E-state index is 14.2. The fourth-order valence-electron chi connectivity index (χ4n) is 11.5. The number of nitrogens with one attached hydrogen (secondary N) is 3. The van der Waals surface area contributed by atoms with Gasteiger partial charge in [-0.1, -0.05) is 50.6 Å². The third-order valence-electron chi connectivity index (χ3n) is 16.4. The van der Waals surface area contributed by atoms with Crippen molar-refractivity contribution < 1.29 is 52.5 Å². The van der Waals surface area contributed by atoms with Crippen LogP contribution >= 0.6 is 0 Å². The van der Waals surface area contributed by atoms with E-state index in [-0.39, 0.29) is 79.1 Å². The molecule has 19 heteroatoms. The molecule has 5 atom stereocenters. The number of carbonyl (C=O) groups is 7. The molecule has 5 heterocycles. The van der Waals surface area contributed by atoms with Crippen LogP contribution in [0.5, 0.6) is 23.0 Å². The Bertz CT molecular complexity index is 3340. The van der Waals surface area contributed by atoms with Crippen molar-refractivity contribution in [3.8, 4) is 23.0 Å².